The van der Waals surface area contributed by atoms with Crippen molar-refractivity contribution in [3.63, 3.8) is 0 Å². The summed E-state index contributed by atoms with van der Waals surface area (Å²) in [7, 11) is 0. The maximum absolute atomic E-state index is 12.8. The van der Waals surface area contributed by atoms with E-state index in [9.17, 15) is 4.79 Å². The van der Waals surface area contributed by atoms with Crippen LogP contribution in [-0.2, 0) is 52.2 Å². The van der Waals surface area contributed by atoms with Crippen LogP contribution in [0, 0.1) is 0 Å². The number of nitrogens with zero attached hydrogens (tertiary/aromatic N) is 7. The van der Waals surface area contributed by atoms with Crippen LogP contribution in [0.15, 0.2) is 10.2 Å². The van der Waals surface area contributed by atoms with Gasteiger partial charge in [-0.3, -0.25) is 4.79 Å². The second-order valence-electron chi connectivity index (χ2n) is 8.95. The van der Waals surface area contributed by atoms with Crippen molar-refractivity contribution in [1.82, 2.24) is 4.90 Å². The van der Waals surface area contributed by atoms with Crippen molar-refractivity contribution >= 4 is 5.91 Å². The topological polar surface area (TPSA) is 236 Å². The second kappa shape index (κ2) is 38.8. The van der Waals surface area contributed by atoms with E-state index >= 15 is 0 Å². The van der Waals surface area contributed by atoms with Crippen LogP contribution in [0.3, 0.4) is 0 Å². The number of rotatable bonds is 38. The Kier molecular flexibility index (Phi) is 36.8. The molecule has 0 atom stereocenters. The second-order valence-corrected chi connectivity index (χ2v) is 8.95. The fourth-order valence-electron chi connectivity index (χ4n) is 3.26. The molecule has 1 amide bonds. The Balaban J connectivity index is 4.09. The zero-order valence-corrected chi connectivity index (χ0v) is 27.1. The first-order valence-corrected chi connectivity index (χ1v) is 15.5. The lowest BCUT2D eigenvalue weighted by atomic mass is 10.3. The van der Waals surface area contributed by atoms with Gasteiger partial charge < -0.3 is 58.0 Å². The average Bonchev–Trinajstić information content (AvgIpc) is 3.06. The van der Waals surface area contributed by atoms with Crippen molar-refractivity contribution in [3.8, 4) is 0 Å². The largest absolute Gasteiger partial charge is 0.379 e. The maximum atomic E-state index is 12.8. The molecule has 19 nitrogen and oxygen atoms in total. The molecule has 0 bridgehead atoms. The van der Waals surface area contributed by atoms with Crippen molar-refractivity contribution in [1.29, 1.82) is 0 Å². The third kappa shape index (κ3) is 34.5. The number of azide groups is 2. The van der Waals surface area contributed by atoms with Crippen LogP contribution in [0.25, 0.3) is 20.9 Å². The van der Waals surface area contributed by atoms with Crippen molar-refractivity contribution in [2.24, 2.45) is 16.0 Å². The van der Waals surface area contributed by atoms with Crippen molar-refractivity contribution in [2.45, 2.75) is 6.42 Å². The van der Waals surface area contributed by atoms with Crippen LogP contribution in [0.4, 0.5) is 0 Å². The van der Waals surface area contributed by atoms with Crippen LogP contribution in [0.5, 0.6) is 0 Å². The Morgan fingerprint density at radius 3 is 1.13 bits per heavy atom. The molecule has 0 aliphatic carbocycles. The fourth-order valence-corrected chi connectivity index (χ4v) is 3.26. The number of nitrogens with two attached hydrogens (primary N) is 1. The summed E-state index contributed by atoms with van der Waals surface area (Å²) in [6.07, 6.45) is 0.220. The number of ether oxygens (including phenoxy) is 10. The SMILES string of the molecule is [N-]=[N+]=NCCOCCOCCOCCN(CCOCCOCCOCCN=[N+]=[N-])C(=O)CCOCCOCCOCCOCCN. The first-order valence-electron chi connectivity index (χ1n) is 15.5. The van der Waals surface area contributed by atoms with E-state index in [0.717, 1.165) is 0 Å². The lowest BCUT2D eigenvalue weighted by Gasteiger charge is -2.23. The van der Waals surface area contributed by atoms with Gasteiger partial charge in [0, 0.05) is 42.5 Å². The number of carbonyl (C=O) groups excluding carboxylic acids is 1. The van der Waals surface area contributed by atoms with E-state index in [1.165, 1.54) is 0 Å². The number of hydrogen-bond acceptors (Lipinski definition) is 14. The molecule has 0 saturated carbocycles. The highest BCUT2D eigenvalue weighted by Gasteiger charge is 2.13. The molecule has 0 saturated heterocycles. The van der Waals surface area contributed by atoms with Gasteiger partial charge in [0.1, 0.15) is 0 Å². The molecule has 46 heavy (non-hydrogen) atoms. The molecule has 0 fully saturated rings. The molecule has 0 aromatic rings. The van der Waals surface area contributed by atoms with Gasteiger partial charge in [0.15, 0.2) is 0 Å². The predicted octanol–water partition coefficient (Wildman–Crippen LogP) is 0.950. The van der Waals surface area contributed by atoms with Gasteiger partial charge in [-0.2, -0.15) is 0 Å². The summed E-state index contributed by atoms with van der Waals surface area (Å²) in [5, 5.41) is 6.76. The molecule has 0 spiro atoms. The third-order valence-electron chi connectivity index (χ3n) is 5.49. The van der Waals surface area contributed by atoms with Gasteiger partial charge >= 0.3 is 0 Å². The van der Waals surface area contributed by atoms with E-state index in [1.54, 1.807) is 4.90 Å². The molecule has 0 aromatic heterocycles. The van der Waals surface area contributed by atoms with E-state index in [-0.39, 0.29) is 32.0 Å². The van der Waals surface area contributed by atoms with Crippen LogP contribution in [0.1, 0.15) is 6.42 Å². The van der Waals surface area contributed by atoms with E-state index < -0.39 is 0 Å². The molecular formula is C27H54N8O11. The quantitative estimate of drug-likeness (QED) is 0.0420. The molecule has 2 N–H and O–H groups in total. The van der Waals surface area contributed by atoms with E-state index in [0.29, 0.717) is 145 Å². The number of amides is 1. The summed E-state index contributed by atoms with van der Waals surface area (Å²) in [6.45, 7) is 9.85. The fraction of sp³-hybridized carbons (Fsp3) is 0.963. The van der Waals surface area contributed by atoms with Gasteiger partial charge in [0.05, 0.1) is 139 Å². The van der Waals surface area contributed by atoms with Gasteiger partial charge in [0.2, 0.25) is 5.91 Å². The molecule has 0 heterocycles. The predicted molar refractivity (Wildman–Crippen MR) is 166 cm³/mol. The van der Waals surface area contributed by atoms with E-state index in [1.807, 2.05) is 0 Å². The van der Waals surface area contributed by atoms with Gasteiger partial charge in [0.25, 0.3) is 0 Å². The maximum Gasteiger partial charge on any atom is 0.225 e. The Morgan fingerprint density at radius 1 is 0.478 bits per heavy atom. The van der Waals surface area contributed by atoms with Gasteiger partial charge in [-0.25, -0.2) is 0 Å². The number of carbonyl (C=O) groups is 1. The zero-order valence-electron chi connectivity index (χ0n) is 27.1. The van der Waals surface area contributed by atoms with Crippen molar-refractivity contribution in [3.05, 3.63) is 20.9 Å². The monoisotopic (exact) mass is 666 g/mol. The summed E-state index contributed by atoms with van der Waals surface area (Å²) in [6, 6.07) is 0. The lowest BCUT2D eigenvalue weighted by Crippen LogP contribution is -2.37. The molecule has 0 aromatic carbocycles. The third-order valence-corrected chi connectivity index (χ3v) is 5.49. The molecule has 0 radical (unpaired) electrons. The van der Waals surface area contributed by atoms with Crippen LogP contribution >= 0.6 is 0 Å². The molecule has 0 rings (SSSR count). The molecule has 0 aliphatic rings. The Morgan fingerprint density at radius 2 is 0.783 bits per heavy atom. The Labute approximate surface area is 271 Å². The van der Waals surface area contributed by atoms with Crippen molar-refractivity contribution in [2.75, 3.05) is 165 Å². The van der Waals surface area contributed by atoms with Gasteiger partial charge in [-0.15, -0.1) is 0 Å². The lowest BCUT2D eigenvalue weighted by molar-refractivity contribution is -0.134. The highest BCUT2D eigenvalue weighted by atomic mass is 16.6. The Bertz CT molecular complexity index is 723. The minimum absolute atomic E-state index is 0.0679. The highest BCUT2D eigenvalue weighted by Crippen LogP contribution is 1.98. The first kappa shape index (κ1) is 43.6. The van der Waals surface area contributed by atoms with Crippen LogP contribution < -0.4 is 5.73 Å². The van der Waals surface area contributed by atoms with Gasteiger partial charge in [-0.1, -0.05) is 10.2 Å². The summed E-state index contributed by atoms with van der Waals surface area (Å²) >= 11 is 0. The minimum Gasteiger partial charge on any atom is -0.379 e. The van der Waals surface area contributed by atoms with Gasteiger partial charge in [-0.05, 0) is 11.1 Å². The molecule has 19 heteroatoms. The standard InChI is InChI=1S/C27H54N8O11/c28-2-8-38-14-20-44-26-25-43-19-13-37-7-1-27(36)35(5-11-41-17-23-45-21-15-39-9-3-31-33-29)6-12-42-18-24-46-22-16-40-10-4-32-34-30/h1-26,28H2. The summed E-state index contributed by atoms with van der Waals surface area (Å²) in [5.41, 5.74) is 21.8. The summed E-state index contributed by atoms with van der Waals surface area (Å²) < 4.78 is 54.3. The highest BCUT2D eigenvalue weighted by molar-refractivity contribution is 5.76. The summed E-state index contributed by atoms with van der Waals surface area (Å²) in [5.74, 6) is -0.0679. The van der Waals surface area contributed by atoms with E-state index in [4.69, 9.17) is 64.2 Å². The molecular weight excluding hydrogens is 612 g/mol. The molecule has 0 unspecified atom stereocenters. The summed E-state index contributed by atoms with van der Waals surface area (Å²) in [4.78, 5) is 19.8. The molecule has 268 valence electrons. The van der Waals surface area contributed by atoms with Crippen molar-refractivity contribution < 1.29 is 52.2 Å². The van der Waals surface area contributed by atoms with E-state index in [2.05, 4.69) is 20.1 Å². The normalized spacial score (nSPS) is 10.9. The molecule has 0 aliphatic heterocycles. The van der Waals surface area contributed by atoms with Crippen LogP contribution in [-0.4, -0.2) is 176 Å². The average molecular weight is 667 g/mol. The zero-order chi connectivity index (χ0) is 33.4. The Hall–Kier alpha value is -2.35. The smallest absolute Gasteiger partial charge is 0.225 e. The minimum atomic E-state index is -0.0679. The van der Waals surface area contributed by atoms with Crippen LogP contribution in [0.2, 0.25) is 0 Å². The first-order chi connectivity index (χ1) is 22.8. The number of hydrogen-bond donors (Lipinski definition) is 1.